The molecule has 1 aliphatic rings. The summed E-state index contributed by atoms with van der Waals surface area (Å²) in [7, 11) is 1.62. The molecular weight excluding hydrogens is 256 g/mol. The Morgan fingerprint density at radius 1 is 1.70 bits per heavy atom. The van der Waals surface area contributed by atoms with Gasteiger partial charge in [0, 0.05) is 37.5 Å². The van der Waals surface area contributed by atoms with E-state index >= 15 is 0 Å². The number of aromatic nitrogens is 2. The molecule has 1 aromatic heterocycles. The number of nitrogens with zero attached hydrogens (tertiary/aromatic N) is 2. The number of carbonyl (C=O) groups is 1. The van der Waals surface area contributed by atoms with Crippen LogP contribution in [0.3, 0.4) is 0 Å². The smallest absolute Gasteiger partial charge is 0.242 e. The molecule has 2 rings (SSSR count). The molecule has 6 nitrogen and oxygen atoms in total. The molecule has 1 fully saturated rings. The zero-order chi connectivity index (χ0) is 14.6. The average Bonchev–Trinajstić information content (AvgIpc) is 3.07. The lowest BCUT2D eigenvalue weighted by molar-refractivity contribution is -0.124. The van der Waals surface area contributed by atoms with E-state index < -0.39 is 0 Å². The predicted molar refractivity (Wildman–Crippen MR) is 76.7 cm³/mol. The standard InChI is InChI=1S/C14H24N4O2/c1-11(13(19)17-6-7-20-3)18-10-16-8-12(18)14(2)4-5-15-9-14/h8,10-11,15H,4-7,9H2,1-3H3,(H,17,19). The van der Waals surface area contributed by atoms with Crippen molar-refractivity contribution in [2.75, 3.05) is 33.4 Å². The van der Waals surface area contributed by atoms with Gasteiger partial charge in [0.25, 0.3) is 0 Å². The number of rotatable bonds is 6. The second-order valence-corrected chi connectivity index (χ2v) is 5.63. The third-order valence-corrected chi connectivity index (χ3v) is 4.06. The van der Waals surface area contributed by atoms with E-state index in [1.54, 1.807) is 13.4 Å². The van der Waals surface area contributed by atoms with Crippen LogP contribution in [0.5, 0.6) is 0 Å². The highest BCUT2D eigenvalue weighted by atomic mass is 16.5. The summed E-state index contributed by atoms with van der Waals surface area (Å²) in [6, 6.07) is -0.262. The second-order valence-electron chi connectivity index (χ2n) is 5.63. The van der Waals surface area contributed by atoms with Gasteiger partial charge < -0.3 is 19.9 Å². The number of imidazole rings is 1. The molecule has 2 heterocycles. The van der Waals surface area contributed by atoms with E-state index in [-0.39, 0.29) is 17.4 Å². The Balaban J connectivity index is 2.09. The van der Waals surface area contributed by atoms with E-state index in [1.807, 2.05) is 17.7 Å². The monoisotopic (exact) mass is 280 g/mol. The van der Waals surface area contributed by atoms with Crippen LogP contribution in [0.15, 0.2) is 12.5 Å². The summed E-state index contributed by atoms with van der Waals surface area (Å²) < 4.78 is 6.92. The lowest BCUT2D eigenvalue weighted by atomic mass is 9.86. The van der Waals surface area contributed by atoms with Gasteiger partial charge in [-0.3, -0.25) is 4.79 Å². The zero-order valence-electron chi connectivity index (χ0n) is 12.5. The van der Waals surface area contributed by atoms with Crippen molar-refractivity contribution in [3.63, 3.8) is 0 Å². The Hall–Kier alpha value is -1.40. The molecule has 0 spiro atoms. The number of amides is 1. The van der Waals surface area contributed by atoms with E-state index in [1.165, 1.54) is 0 Å². The Bertz CT molecular complexity index is 452. The van der Waals surface area contributed by atoms with Gasteiger partial charge in [-0.25, -0.2) is 4.98 Å². The van der Waals surface area contributed by atoms with E-state index in [0.717, 1.165) is 25.2 Å². The highest BCUT2D eigenvalue weighted by Gasteiger charge is 2.34. The Morgan fingerprint density at radius 3 is 3.15 bits per heavy atom. The van der Waals surface area contributed by atoms with E-state index in [0.29, 0.717) is 13.2 Å². The summed E-state index contributed by atoms with van der Waals surface area (Å²) in [6.07, 6.45) is 4.70. The van der Waals surface area contributed by atoms with Crippen LogP contribution in [0.4, 0.5) is 0 Å². The van der Waals surface area contributed by atoms with Crippen molar-refractivity contribution < 1.29 is 9.53 Å². The Morgan fingerprint density at radius 2 is 2.50 bits per heavy atom. The first-order chi connectivity index (χ1) is 9.58. The van der Waals surface area contributed by atoms with Crippen molar-refractivity contribution in [3.05, 3.63) is 18.2 Å². The number of nitrogens with one attached hydrogen (secondary N) is 2. The minimum Gasteiger partial charge on any atom is -0.383 e. The largest absolute Gasteiger partial charge is 0.383 e. The van der Waals surface area contributed by atoms with E-state index in [9.17, 15) is 4.79 Å². The van der Waals surface area contributed by atoms with Gasteiger partial charge >= 0.3 is 0 Å². The highest BCUT2D eigenvalue weighted by molar-refractivity contribution is 5.80. The number of carbonyl (C=O) groups excluding carboxylic acids is 1. The van der Waals surface area contributed by atoms with E-state index in [4.69, 9.17) is 4.74 Å². The average molecular weight is 280 g/mol. The van der Waals surface area contributed by atoms with Crippen LogP contribution in [0.2, 0.25) is 0 Å². The molecule has 2 unspecified atom stereocenters. The first kappa shape index (κ1) is 15.0. The zero-order valence-corrected chi connectivity index (χ0v) is 12.5. The highest BCUT2D eigenvalue weighted by Crippen LogP contribution is 2.31. The maximum absolute atomic E-state index is 12.2. The third-order valence-electron chi connectivity index (χ3n) is 4.06. The second kappa shape index (κ2) is 6.37. The fourth-order valence-electron chi connectivity index (χ4n) is 2.67. The lowest BCUT2D eigenvalue weighted by Crippen LogP contribution is -2.36. The van der Waals surface area contributed by atoms with Crippen LogP contribution in [0.1, 0.15) is 32.0 Å². The number of methoxy groups -OCH3 is 1. The van der Waals surface area contributed by atoms with Crippen LogP contribution in [0.25, 0.3) is 0 Å². The molecule has 0 aliphatic carbocycles. The first-order valence-corrected chi connectivity index (χ1v) is 7.08. The summed E-state index contributed by atoms with van der Waals surface area (Å²) in [5, 5.41) is 6.25. The van der Waals surface area contributed by atoms with Crippen LogP contribution in [-0.4, -0.2) is 48.8 Å². The van der Waals surface area contributed by atoms with Crippen LogP contribution >= 0.6 is 0 Å². The van der Waals surface area contributed by atoms with E-state index in [2.05, 4.69) is 22.5 Å². The molecule has 0 bridgehead atoms. The topological polar surface area (TPSA) is 68.2 Å². The van der Waals surface area contributed by atoms with Gasteiger partial charge in [-0.15, -0.1) is 0 Å². The van der Waals surface area contributed by atoms with Crippen molar-refractivity contribution in [2.24, 2.45) is 0 Å². The van der Waals surface area contributed by atoms with Gasteiger partial charge in [0.15, 0.2) is 0 Å². The fourth-order valence-corrected chi connectivity index (χ4v) is 2.67. The normalized spacial score (nSPS) is 23.8. The van der Waals surface area contributed by atoms with Crippen LogP contribution in [-0.2, 0) is 14.9 Å². The molecule has 0 saturated carbocycles. The molecule has 0 radical (unpaired) electrons. The summed E-state index contributed by atoms with van der Waals surface area (Å²) in [4.78, 5) is 16.4. The Kier molecular flexibility index (Phi) is 4.77. The SMILES string of the molecule is COCCNC(=O)C(C)n1cncc1C1(C)CCNC1. The molecule has 1 amide bonds. The van der Waals surface area contributed by atoms with Crippen molar-refractivity contribution in [3.8, 4) is 0 Å². The van der Waals surface area contributed by atoms with Crippen LogP contribution in [0, 0.1) is 0 Å². The number of hydrogen-bond donors (Lipinski definition) is 2. The van der Waals surface area contributed by atoms with Gasteiger partial charge in [-0.05, 0) is 19.9 Å². The predicted octanol–water partition coefficient (Wildman–Crippen LogP) is 0.458. The number of ether oxygens (including phenoxy) is 1. The molecule has 1 aromatic rings. The van der Waals surface area contributed by atoms with Gasteiger partial charge in [-0.1, -0.05) is 6.92 Å². The molecule has 2 atom stereocenters. The molecule has 2 N–H and O–H groups in total. The maximum atomic E-state index is 12.2. The molecule has 1 saturated heterocycles. The van der Waals surface area contributed by atoms with Crippen molar-refractivity contribution in [1.29, 1.82) is 0 Å². The van der Waals surface area contributed by atoms with Crippen molar-refractivity contribution in [2.45, 2.75) is 31.7 Å². The first-order valence-electron chi connectivity index (χ1n) is 7.08. The summed E-state index contributed by atoms with van der Waals surface area (Å²) in [5.41, 5.74) is 1.18. The minimum atomic E-state index is -0.262. The van der Waals surface area contributed by atoms with Crippen molar-refractivity contribution >= 4 is 5.91 Å². The summed E-state index contributed by atoms with van der Waals surface area (Å²) in [6.45, 7) is 7.11. The molecule has 1 aliphatic heterocycles. The molecule has 6 heteroatoms. The molecule has 0 aromatic carbocycles. The number of hydrogen-bond acceptors (Lipinski definition) is 4. The molecule has 112 valence electrons. The van der Waals surface area contributed by atoms with Gasteiger partial charge in [0.2, 0.25) is 5.91 Å². The lowest BCUT2D eigenvalue weighted by Gasteiger charge is -2.26. The maximum Gasteiger partial charge on any atom is 0.242 e. The van der Waals surface area contributed by atoms with Crippen LogP contribution < -0.4 is 10.6 Å². The Labute approximate surface area is 119 Å². The summed E-state index contributed by atoms with van der Waals surface area (Å²) >= 11 is 0. The van der Waals surface area contributed by atoms with Crippen molar-refractivity contribution in [1.82, 2.24) is 20.2 Å². The van der Waals surface area contributed by atoms with Gasteiger partial charge in [-0.2, -0.15) is 0 Å². The van der Waals surface area contributed by atoms with Gasteiger partial charge in [0.1, 0.15) is 6.04 Å². The third kappa shape index (κ3) is 3.02. The molecular formula is C14H24N4O2. The van der Waals surface area contributed by atoms with Gasteiger partial charge in [0.05, 0.1) is 12.9 Å². The quantitative estimate of drug-likeness (QED) is 0.743. The minimum absolute atomic E-state index is 0.00384. The molecule has 20 heavy (non-hydrogen) atoms. The summed E-state index contributed by atoms with van der Waals surface area (Å²) in [5.74, 6) is -0.00384. The fraction of sp³-hybridized carbons (Fsp3) is 0.714.